The summed E-state index contributed by atoms with van der Waals surface area (Å²) in [7, 11) is 6.66. The summed E-state index contributed by atoms with van der Waals surface area (Å²) in [6.07, 6.45) is 2.73. The smallest absolute Gasteiger partial charge is 0.415 e. The maximum absolute atomic E-state index is 11.6. The average Bonchev–Trinajstić information content (AvgIpc) is 3.11. The van der Waals surface area contributed by atoms with E-state index in [-0.39, 0.29) is 18.9 Å². The number of hydrogen-bond donors (Lipinski definition) is 1. The van der Waals surface area contributed by atoms with Gasteiger partial charge in [-0.25, -0.2) is 4.79 Å². The number of amides is 1. The third kappa shape index (κ3) is 7.34. The fourth-order valence-electron chi connectivity index (χ4n) is 1.79. The highest BCUT2D eigenvalue weighted by Gasteiger charge is 2.21. The standard InChI is InChI=1S/C10H17N3O2.C5H8N4O2.CH4/c1-10(2,3)15-9(14)13(5)8-6-7-12(4)11-8;1-6-5-4(9(10)11)3-8(2)7-5;/h6-7H,1-5H3;3H,1-2H3,(H,6,7);1H4. The number of carbonyl (C=O) groups excluding carboxylic acids is 1. The molecule has 2 rings (SSSR count). The first-order valence-electron chi connectivity index (χ1n) is 7.76. The van der Waals surface area contributed by atoms with Crippen molar-refractivity contribution in [1.82, 2.24) is 19.6 Å². The van der Waals surface area contributed by atoms with Gasteiger partial charge in [-0.15, -0.1) is 5.10 Å². The molecule has 1 amide bonds. The van der Waals surface area contributed by atoms with Crippen molar-refractivity contribution in [2.75, 3.05) is 24.3 Å². The molecule has 0 aliphatic rings. The molecule has 0 saturated carbocycles. The number of nitro groups is 1. The van der Waals surface area contributed by atoms with Crippen LogP contribution in [0.25, 0.3) is 0 Å². The number of anilines is 2. The van der Waals surface area contributed by atoms with Crippen LogP contribution in [0.1, 0.15) is 28.2 Å². The average molecular weight is 383 g/mol. The van der Waals surface area contributed by atoms with Gasteiger partial charge in [-0.05, 0) is 20.8 Å². The van der Waals surface area contributed by atoms with Crippen LogP contribution >= 0.6 is 0 Å². The Balaban J connectivity index is 0.000000504. The lowest BCUT2D eigenvalue weighted by atomic mass is 10.2. The molecule has 2 aromatic heterocycles. The predicted molar refractivity (Wildman–Crippen MR) is 104 cm³/mol. The second-order valence-corrected chi connectivity index (χ2v) is 6.43. The summed E-state index contributed by atoms with van der Waals surface area (Å²) >= 11 is 0. The number of aryl methyl sites for hydroxylation is 2. The lowest BCUT2D eigenvalue weighted by Gasteiger charge is -2.23. The molecule has 11 heteroatoms. The van der Waals surface area contributed by atoms with Gasteiger partial charge in [-0.1, -0.05) is 7.43 Å². The van der Waals surface area contributed by atoms with Gasteiger partial charge < -0.3 is 10.1 Å². The van der Waals surface area contributed by atoms with Gasteiger partial charge >= 0.3 is 11.8 Å². The molecule has 11 nitrogen and oxygen atoms in total. The Labute approximate surface area is 159 Å². The van der Waals surface area contributed by atoms with Crippen molar-refractivity contribution < 1.29 is 14.5 Å². The first kappa shape index (κ1) is 23.9. The fraction of sp³-hybridized carbons (Fsp3) is 0.562. The molecule has 0 radical (unpaired) electrons. The van der Waals surface area contributed by atoms with Crippen molar-refractivity contribution in [1.29, 1.82) is 0 Å². The maximum Gasteiger partial charge on any atom is 0.415 e. The van der Waals surface area contributed by atoms with Crippen molar-refractivity contribution in [3.05, 3.63) is 28.6 Å². The van der Waals surface area contributed by atoms with Crippen LogP contribution in [0.2, 0.25) is 0 Å². The van der Waals surface area contributed by atoms with E-state index in [4.69, 9.17) is 4.74 Å². The SMILES string of the molecule is C.CN(C(=O)OC(C)(C)C)c1ccn(C)n1.CNc1nn(C)cc1[N+](=O)[O-]. The van der Waals surface area contributed by atoms with Crippen molar-refractivity contribution >= 4 is 23.4 Å². The van der Waals surface area contributed by atoms with Gasteiger partial charge in [0.05, 0.1) is 4.92 Å². The van der Waals surface area contributed by atoms with Gasteiger partial charge in [-0.3, -0.25) is 24.4 Å². The summed E-state index contributed by atoms with van der Waals surface area (Å²) < 4.78 is 8.23. The highest BCUT2D eigenvalue weighted by Crippen LogP contribution is 2.20. The van der Waals surface area contributed by atoms with E-state index in [1.165, 1.54) is 15.8 Å². The zero-order valence-electron chi connectivity index (χ0n) is 16.0. The van der Waals surface area contributed by atoms with Crippen LogP contribution in [0.3, 0.4) is 0 Å². The number of nitrogens with one attached hydrogen (secondary N) is 1. The quantitative estimate of drug-likeness (QED) is 0.639. The number of rotatable bonds is 3. The highest BCUT2D eigenvalue weighted by molar-refractivity contribution is 5.85. The lowest BCUT2D eigenvalue weighted by molar-refractivity contribution is -0.384. The molecule has 2 aromatic rings. The molecule has 0 unspecified atom stereocenters. The van der Waals surface area contributed by atoms with E-state index < -0.39 is 16.6 Å². The second kappa shape index (κ2) is 9.55. The molecule has 0 fully saturated rings. The molecular formula is C16H29N7O4. The van der Waals surface area contributed by atoms with Crippen LogP contribution < -0.4 is 10.2 Å². The zero-order valence-corrected chi connectivity index (χ0v) is 16.0. The highest BCUT2D eigenvalue weighted by atomic mass is 16.6. The molecule has 0 aliphatic carbocycles. The Morgan fingerprint density at radius 3 is 2.26 bits per heavy atom. The van der Waals surface area contributed by atoms with Gasteiger partial charge in [0.15, 0.2) is 5.82 Å². The third-order valence-electron chi connectivity index (χ3n) is 2.95. The van der Waals surface area contributed by atoms with E-state index in [0.29, 0.717) is 5.82 Å². The van der Waals surface area contributed by atoms with E-state index in [9.17, 15) is 14.9 Å². The largest absolute Gasteiger partial charge is 0.443 e. The molecule has 0 spiro atoms. The monoisotopic (exact) mass is 383 g/mol. The van der Waals surface area contributed by atoms with Crippen LogP contribution in [0, 0.1) is 10.1 Å². The Kier molecular flexibility index (Phi) is 8.45. The predicted octanol–water partition coefficient (Wildman–Crippen LogP) is 2.80. The minimum atomic E-state index is -0.486. The Hall–Kier alpha value is -3.11. The first-order valence-corrected chi connectivity index (χ1v) is 7.76. The topological polar surface area (TPSA) is 120 Å². The zero-order chi connectivity index (χ0) is 20.1. The second-order valence-electron chi connectivity index (χ2n) is 6.43. The summed E-state index contributed by atoms with van der Waals surface area (Å²) in [6.45, 7) is 5.49. The Bertz CT molecular complexity index is 761. The Morgan fingerprint density at radius 2 is 1.89 bits per heavy atom. The van der Waals surface area contributed by atoms with Crippen LogP contribution in [0.5, 0.6) is 0 Å². The molecule has 0 saturated heterocycles. The first-order chi connectivity index (χ1) is 11.9. The summed E-state index contributed by atoms with van der Waals surface area (Å²) in [5, 5.41) is 20.8. The minimum Gasteiger partial charge on any atom is -0.443 e. The van der Waals surface area contributed by atoms with Gasteiger partial charge in [0.25, 0.3) is 0 Å². The maximum atomic E-state index is 11.6. The van der Waals surface area contributed by atoms with Gasteiger partial charge in [0.2, 0.25) is 5.82 Å². The molecule has 0 aromatic carbocycles. The summed E-state index contributed by atoms with van der Waals surface area (Å²) in [6, 6.07) is 1.75. The molecule has 1 N–H and O–H groups in total. The molecule has 27 heavy (non-hydrogen) atoms. The number of nitrogens with zero attached hydrogens (tertiary/aromatic N) is 6. The molecule has 0 atom stereocenters. The normalized spacial score (nSPS) is 10.2. The lowest BCUT2D eigenvalue weighted by Crippen LogP contribution is -2.34. The van der Waals surface area contributed by atoms with Crippen molar-refractivity contribution in [2.24, 2.45) is 14.1 Å². The summed E-state index contributed by atoms with van der Waals surface area (Å²) in [4.78, 5) is 22.8. The van der Waals surface area contributed by atoms with Gasteiger partial charge in [-0.2, -0.15) is 5.10 Å². The van der Waals surface area contributed by atoms with Crippen LogP contribution in [0.4, 0.5) is 22.1 Å². The fourth-order valence-corrected chi connectivity index (χ4v) is 1.79. The number of carbonyl (C=O) groups is 1. The molecular weight excluding hydrogens is 354 g/mol. The van der Waals surface area contributed by atoms with Crippen molar-refractivity contribution in [2.45, 2.75) is 33.8 Å². The summed E-state index contributed by atoms with van der Waals surface area (Å²) in [5.41, 5.74) is -0.491. The number of ether oxygens (including phenoxy) is 1. The Morgan fingerprint density at radius 1 is 1.30 bits per heavy atom. The van der Waals surface area contributed by atoms with Crippen molar-refractivity contribution in [3.8, 4) is 0 Å². The van der Waals surface area contributed by atoms with Crippen LogP contribution in [-0.2, 0) is 18.8 Å². The van der Waals surface area contributed by atoms with Crippen LogP contribution in [0.15, 0.2) is 18.5 Å². The molecule has 0 aliphatic heterocycles. The van der Waals surface area contributed by atoms with Gasteiger partial charge in [0.1, 0.15) is 11.8 Å². The van der Waals surface area contributed by atoms with Gasteiger partial charge in [0, 0.05) is 40.5 Å². The molecule has 0 bridgehead atoms. The minimum absolute atomic E-state index is 0. The summed E-state index contributed by atoms with van der Waals surface area (Å²) in [5.74, 6) is 0.865. The number of aromatic nitrogens is 4. The van der Waals surface area contributed by atoms with E-state index in [1.807, 2.05) is 20.8 Å². The van der Waals surface area contributed by atoms with Crippen LogP contribution in [-0.4, -0.2) is 50.3 Å². The van der Waals surface area contributed by atoms with E-state index in [0.717, 1.165) is 0 Å². The molecule has 152 valence electrons. The number of hydrogen-bond acceptors (Lipinski definition) is 7. The van der Waals surface area contributed by atoms with E-state index >= 15 is 0 Å². The van der Waals surface area contributed by atoms with Crippen molar-refractivity contribution in [3.63, 3.8) is 0 Å². The third-order valence-corrected chi connectivity index (χ3v) is 2.95. The van der Waals surface area contributed by atoms with E-state index in [2.05, 4.69) is 15.5 Å². The van der Waals surface area contributed by atoms with E-state index in [1.54, 1.807) is 45.1 Å². The molecule has 2 heterocycles.